The number of ether oxygens (including phenoxy) is 1. The molecule has 0 bridgehead atoms. The minimum absolute atomic E-state index is 0.412. The topological polar surface area (TPSA) is 54.8 Å². The minimum atomic E-state index is -4.73. The fraction of sp³-hybridized carbons (Fsp3) is 0.600. The summed E-state index contributed by atoms with van der Waals surface area (Å²) in [6, 6.07) is 1.83. The van der Waals surface area contributed by atoms with E-state index in [4.69, 9.17) is 4.74 Å². The number of aromatic nitrogens is 1. The van der Waals surface area contributed by atoms with E-state index >= 15 is 0 Å². The summed E-state index contributed by atoms with van der Waals surface area (Å²) >= 11 is 0. The average Bonchev–Trinajstić information content (AvgIpc) is 2.54. The van der Waals surface area contributed by atoms with E-state index < -0.39 is 29.8 Å². The molecule has 1 amide bonds. The summed E-state index contributed by atoms with van der Waals surface area (Å²) in [4.78, 5) is 27.5. The number of hydrogen-bond acceptors (Lipinski definition) is 4. The molecule has 1 saturated heterocycles. The Morgan fingerprint density at radius 1 is 1.33 bits per heavy atom. The molecule has 0 radical (unpaired) electrons. The van der Waals surface area contributed by atoms with Crippen LogP contribution in [0, 0.1) is 0 Å². The van der Waals surface area contributed by atoms with Gasteiger partial charge < -0.3 is 14.2 Å². The van der Waals surface area contributed by atoms with Crippen molar-refractivity contribution in [2.24, 2.45) is 0 Å². The molecule has 24 heavy (non-hydrogen) atoms. The van der Waals surface area contributed by atoms with Crippen LogP contribution in [-0.4, -0.2) is 66.7 Å². The number of carbonyl (C=O) groups is 1. The molecule has 1 fully saturated rings. The van der Waals surface area contributed by atoms with Crippen molar-refractivity contribution in [2.75, 3.05) is 46.4 Å². The van der Waals surface area contributed by atoms with Crippen molar-refractivity contribution in [3.05, 3.63) is 34.2 Å². The maximum absolute atomic E-state index is 12.7. The Morgan fingerprint density at radius 3 is 2.62 bits per heavy atom. The van der Waals surface area contributed by atoms with Crippen LogP contribution in [0.15, 0.2) is 23.1 Å². The number of nitrogens with zero attached hydrogens (tertiary/aromatic N) is 3. The van der Waals surface area contributed by atoms with E-state index in [1.165, 1.54) is 11.1 Å². The molecule has 2 heterocycles. The maximum atomic E-state index is 12.7. The molecule has 1 aromatic heterocycles. The van der Waals surface area contributed by atoms with Crippen LogP contribution in [0.5, 0.6) is 0 Å². The minimum Gasteiger partial charge on any atom is -0.379 e. The summed E-state index contributed by atoms with van der Waals surface area (Å²) in [7, 11) is 1.57. The maximum Gasteiger partial charge on any atom is 0.421 e. The van der Waals surface area contributed by atoms with Crippen molar-refractivity contribution in [2.45, 2.75) is 12.7 Å². The van der Waals surface area contributed by atoms with Crippen molar-refractivity contribution in [3.8, 4) is 0 Å². The van der Waals surface area contributed by atoms with Crippen LogP contribution in [0.2, 0.25) is 0 Å². The molecule has 0 saturated carbocycles. The highest BCUT2D eigenvalue weighted by atomic mass is 19.4. The first-order valence-corrected chi connectivity index (χ1v) is 7.60. The first-order chi connectivity index (χ1) is 11.3. The molecule has 0 aliphatic carbocycles. The second kappa shape index (κ2) is 7.80. The van der Waals surface area contributed by atoms with Gasteiger partial charge in [0.2, 0.25) is 5.91 Å². The Bertz CT molecular complexity index is 624. The van der Waals surface area contributed by atoms with Crippen molar-refractivity contribution in [1.29, 1.82) is 0 Å². The molecule has 9 heteroatoms. The standard InChI is InChI=1S/C15H20F3N3O3/c1-19(5-6-20-7-9-24-10-8-20)13(22)11-21-4-2-3-12(14(21)23)15(16,17)18/h2-4H,5-11H2,1H3. The van der Waals surface area contributed by atoms with Crippen LogP contribution < -0.4 is 5.56 Å². The van der Waals surface area contributed by atoms with E-state index in [1.807, 2.05) is 0 Å². The summed E-state index contributed by atoms with van der Waals surface area (Å²) in [6.07, 6.45) is -3.54. The fourth-order valence-electron chi connectivity index (χ4n) is 2.38. The lowest BCUT2D eigenvalue weighted by molar-refractivity contribution is -0.139. The number of hydrogen-bond donors (Lipinski definition) is 0. The lowest BCUT2D eigenvalue weighted by Gasteiger charge is -2.28. The van der Waals surface area contributed by atoms with Gasteiger partial charge in [-0.25, -0.2) is 0 Å². The average molecular weight is 347 g/mol. The number of morpholine rings is 1. The molecule has 0 aromatic carbocycles. The van der Waals surface area contributed by atoms with Gasteiger partial charge in [-0.1, -0.05) is 0 Å². The van der Waals surface area contributed by atoms with Gasteiger partial charge in [0.05, 0.1) is 13.2 Å². The molecule has 0 atom stereocenters. The molecular formula is C15H20F3N3O3. The van der Waals surface area contributed by atoms with Crippen LogP contribution >= 0.6 is 0 Å². The van der Waals surface area contributed by atoms with Crippen molar-refractivity contribution < 1.29 is 22.7 Å². The van der Waals surface area contributed by atoms with Crippen LogP contribution in [0.25, 0.3) is 0 Å². The summed E-state index contributed by atoms with van der Waals surface area (Å²) in [5.41, 5.74) is -2.48. The second-order valence-electron chi connectivity index (χ2n) is 5.62. The molecule has 1 aliphatic rings. The molecule has 0 spiro atoms. The molecule has 134 valence electrons. The third-order valence-electron chi connectivity index (χ3n) is 3.91. The lowest BCUT2D eigenvalue weighted by Crippen LogP contribution is -2.43. The number of amides is 1. The molecule has 0 N–H and O–H groups in total. The van der Waals surface area contributed by atoms with Crippen LogP contribution in [0.4, 0.5) is 13.2 Å². The van der Waals surface area contributed by atoms with Crippen LogP contribution in [0.1, 0.15) is 5.56 Å². The van der Waals surface area contributed by atoms with E-state index in [0.29, 0.717) is 32.4 Å². The Labute approximate surface area is 137 Å². The molecule has 2 rings (SSSR count). The van der Waals surface area contributed by atoms with Crippen molar-refractivity contribution in [1.82, 2.24) is 14.4 Å². The Kier molecular flexibility index (Phi) is 6.00. The molecule has 1 aliphatic heterocycles. The number of carbonyl (C=O) groups excluding carboxylic acids is 1. The van der Waals surface area contributed by atoms with E-state index in [-0.39, 0.29) is 0 Å². The largest absolute Gasteiger partial charge is 0.421 e. The Hall–Kier alpha value is -1.87. The number of pyridine rings is 1. The third-order valence-corrected chi connectivity index (χ3v) is 3.91. The zero-order valence-electron chi connectivity index (χ0n) is 13.4. The van der Waals surface area contributed by atoms with E-state index in [2.05, 4.69) is 4.90 Å². The van der Waals surface area contributed by atoms with Gasteiger partial charge in [0, 0.05) is 39.4 Å². The van der Waals surface area contributed by atoms with Gasteiger partial charge in [0.15, 0.2) is 0 Å². The third kappa shape index (κ3) is 4.81. The van der Waals surface area contributed by atoms with Crippen LogP contribution in [-0.2, 0) is 22.3 Å². The second-order valence-corrected chi connectivity index (χ2v) is 5.62. The first kappa shape index (κ1) is 18.5. The number of rotatable bonds is 5. The van der Waals surface area contributed by atoms with Gasteiger partial charge in [-0.3, -0.25) is 14.5 Å². The van der Waals surface area contributed by atoms with Gasteiger partial charge in [-0.2, -0.15) is 13.2 Å². The monoisotopic (exact) mass is 347 g/mol. The predicted molar refractivity (Wildman–Crippen MR) is 80.6 cm³/mol. The summed E-state index contributed by atoms with van der Waals surface area (Å²) in [5.74, 6) is -0.412. The quantitative estimate of drug-likeness (QED) is 0.785. The van der Waals surface area contributed by atoms with Gasteiger partial charge >= 0.3 is 6.18 Å². The van der Waals surface area contributed by atoms with Crippen molar-refractivity contribution >= 4 is 5.91 Å². The SMILES string of the molecule is CN(CCN1CCOCC1)C(=O)Cn1cccc(C(F)(F)F)c1=O. The molecular weight excluding hydrogens is 327 g/mol. The molecule has 0 unspecified atom stereocenters. The predicted octanol–water partition coefficient (Wildman–Crippen LogP) is 0.658. The number of alkyl halides is 3. The highest BCUT2D eigenvalue weighted by Crippen LogP contribution is 2.25. The van der Waals surface area contributed by atoms with E-state index in [0.717, 1.165) is 23.7 Å². The van der Waals surface area contributed by atoms with Gasteiger partial charge in [-0.15, -0.1) is 0 Å². The summed E-state index contributed by atoms with van der Waals surface area (Å²) in [5, 5.41) is 0. The van der Waals surface area contributed by atoms with Crippen molar-refractivity contribution in [3.63, 3.8) is 0 Å². The smallest absolute Gasteiger partial charge is 0.379 e. The van der Waals surface area contributed by atoms with Gasteiger partial charge in [-0.05, 0) is 12.1 Å². The highest BCUT2D eigenvalue weighted by molar-refractivity contribution is 5.75. The lowest BCUT2D eigenvalue weighted by atomic mass is 10.2. The number of halogens is 3. The first-order valence-electron chi connectivity index (χ1n) is 7.60. The molecule has 6 nitrogen and oxygen atoms in total. The summed E-state index contributed by atoms with van der Waals surface area (Å²) in [6.45, 7) is 3.55. The highest BCUT2D eigenvalue weighted by Gasteiger charge is 2.34. The van der Waals surface area contributed by atoms with Gasteiger partial charge in [0.25, 0.3) is 5.56 Å². The number of likely N-dealkylation sites (N-methyl/N-ethyl adjacent to an activating group) is 1. The van der Waals surface area contributed by atoms with E-state index in [1.54, 1.807) is 7.05 Å². The normalized spacial score (nSPS) is 16.2. The fourth-order valence-corrected chi connectivity index (χ4v) is 2.38. The van der Waals surface area contributed by atoms with Gasteiger partial charge in [0.1, 0.15) is 12.1 Å². The Morgan fingerprint density at radius 2 is 2.00 bits per heavy atom. The summed E-state index contributed by atoms with van der Waals surface area (Å²) < 4.78 is 44.2. The van der Waals surface area contributed by atoms with E-state index in [9.17, 15) is 22.8 Å². The zero-order chi connectivity index (χ0) is 17.7. The Balaban J connectivity index is 1.95. The van der Waals surface area contributed by atoms with Crippen LogP contribution in [0.3, 0.4) is 0 Å². The molecule has 1 aromatic rings. The zero-order valence-corrected chi connectivity index (χ0v) is 13.4.